The fourth-order valence-corrected chi connectivity index (χ4v) is 1.77. The molecule has 1 aromatic rings. The number of aliphatic hydroxyl groups is 1. The molecule has 1 aromatic carbocycles. The Morgan fingerprint density at radius 2 is 2.17 bits per heavy atom. The Labute approximate surface area is 75.6 Å². The first-order valence-corrected chi connectivity index (χ1v) is 4.86. The molecule has 0 saturated heterocycles. The molecule has 0 aliphatic rings. The average Bonchev–Trinajstić information content (AvgIpc) is 2.09. The summed E-state index contributed by atoms with van der Waals surface area (Å²) in [5, 5.41) is 8.88. The van der Waals surface area contributed by atoms with Gasteiger partial charge in [-0.05, 0) is 24.3 Å². The molecule has 0 aliphatic carbocycles. The Morgan fingerprint density at radius 3 is 2.67 bits per heavy atom. The number of hydrogen-bond acceptors (Lipinski definition) is 2. The van der Waals surface area contributed by atoms with Gasteiger partial charge in [0.1, 0.15) is 5.82 Å². The topological polar surface area (TPSA) is 20.2 Å². The van der Waals surface area contributed by atoms with Crippen LogP contribution in [0.2, 0.25) is 0 Å². The van der Waals surface area contributed by atoms with Crippen LogP contribution in [0.5, 0.6) is 0 Å². The number of hydrogen-bond donors (Lipinski definition) is 1. The fraction of sp³-hybridized carbons (Fsp3) is 0.333. The highest BCUT2D eigenvalue weighted by Crippen LogP contribution is 2.26. The van der Waals surface area contributed by atoms with Crippen LogP contribution in [0, 0.1) is 12.7 Å². The highest BCUT2D eigenvalue weighted by atomic mass is 32.2. The van der Waals surface area contributed by atoms with Crippen molar-refractivity contribution in [3.63, 3.8) is 0 Å². The Kier molecular flexibility index (Phi) is 3.12. The molecule has 0 aliphatic heterocycles. The molecule has 0 aromatic heterocycles. The minimum Gasteiger partial charge on any atom is -0.392 e. The molecule has 66 valence electrons. The minimum atomic E-state index is -0.214. The van der Waals surface area contributed by atoms with Gasteiger partial charge in [-0.3, -0.25) is 0 Å². The van der Waals surface area contributed by atoms with Crippen molar-refractivity contribution < 1.29 is 9.50 Å². The zero-order valence-electron chi connectivity index (χ0n) is 7.10. The zero-order valence-corrected chi connectivity index (χ0v) is 7.91. The van der Waals surface area contributed by atoms with Crippen molar-refractivity contribution >= 4 is 11.8 Å². The lowest BCUT2D eigenvalue weighted by Gasteiger charge is -2.07. The van der Waals surface area contributed by atoms with Crippen molar-refractivity contribution in [2.24, 2.45) is 0 Å². The van der Waals surface area contributed by atoms with E-state index in [0.29, 0.717) is 16.0 Å². The summed E-state index contributed by atoms with van der Waals surface area (Å²) in [6.45, 7) is 1.61. The van der Waals surface area contributed by atoms with Gasteiger partial charge in [-0.25, -0.2) is 4.39 Å². The maximum absolute atomic E-state index is 13.3. The van der Waals surface area contributed by atoms with Gasteiger partial charge in [-0.15, -0.1) is 11.8 Å². The van der Waals surface area contributed by atoms with Crippen LogP contribution in [0.15, 0.2) is 17.0 Å². The van der Waals surface area contributed by atoms with Crippen LogP contribution in [-0.2, 0) is 6.61 Å². The normalized spacial score (nSPS) is 10.3. The van der Waals surface area contributed by atoms with Crippen LogP contribution in [0.4, 0.5) is 4.39 Å². The van der Waals surface area contributed by atoms with Crippen LogP contribution < -0.4 is 0 Å². The van der Waals surface area contributed by atoms with E-state index >= 15 is 0 Å². The van der Waals surface area contributed by atoms with E-state index in [2.05, 4.69) is 0 Å². The maximum atomic E-state index is 13.3. The molecular weight excluding hydrogens is 175 g/mol. The molecule has 0 unspecified atom stereocenters. The molecule has 0 bridgehead atoms. The van der Waals surface area contributed by atoms with Gasteiger partial charge in [-0.1, -0.05) is 12.1 Å². The van der Waals surface area contributed by atoms with Gasteiger partial charge in [0.2, 0.25) is 0 Å². The lowest BCUT2D eigenvalue weighted by atomic mass is 10.1. The highest BCUT2D eigenvalue weighted by molar-refractivity contribution is 7.98. The standard InChI is InChI=1S/C9H11FOS/c1-6-3-4-7(5-11)9(12-2)8(6)10/h3-4,11H,5H2,1-2H3. The average molecular weight is 186 g/mol. The summed E-state index contributed by atoms with van der Waals surface area (Å²) in [6.07, 6.45) is 1.80. The van der Waals surface area contributed by atoms with Gasteiger partial charge >= 0.3 is 0 Å². The Hall–Kier alpha value is -0.540. The van der Waals surface area contributed by atoms with Crippen molar-refractivity contribution in [1.82, 2.24) is 0 Å². The summed E-state index contributed by atoms with van der Waals surface area (Å²) < 4.78 is 13.3. The molecule has 0 amide bonds. The van der Waals surface area contributed by atoms with Gasteiger partial charge in [0.15, 0.2) is 0 Å². The van der Waals surface area contributed by atoms with Crippen molar-refractivity contribution in [2.45, 2.75) is 18.4 Å². The summed E-state index contributed by atoms with van der Waals surface area (Å²) in [7, 11) is 0. The number of aryl methyl sites for hydroxylation is 1. The maximum Gasteiger partial charge on any atom is 0.140 e. The lowest BCUT2D eigenvalue weighted by Crippen LogP contribution is -1.93. The van der Waals surface area contributed by atoms with Crippen molar-refractivity contribution in [3.05, 3.63) is 29.1 Å². The van der Waals surface area contributed by atoms with Gasteiger partial charge in [-0.2, -0.15) is 0 Å². The Bertz CT molecular complexity index is 286. The molecule has 1 rings (SSSR count). The third-order valence-corrected chi connectivity index (χ3v) is 2.60. The van der Waals surface area contributed by atoms with Gasteiger partial charge in [0.05, 0.1) is 6.61 Å². The summed E-state index contributed by atoms with van der Waals surface area (Å²) in [5.41, 5.74) is 1.28. The molecule has 0 atom stereocenters. The predicted octanol–water partition coefficient (Wildman–Crippen LogP) is 2.35. The molecule has 12 heavy (non-hydrogen) atoms. The molecule has 0 saturated carbocycles. The summed E-state index contributed by atoms with van der Waals surface area (Å²) in [6, 6.07) is 3.44. The van der Waals surface area contributed by atoms with Crippen LogP contribution in [0.1, 0.15) is 11.1 Å². The van der Waals surface area contributed by atoms with Crippen molar-refractivity contribution in [1.29, 1.82) is 0 Å². The third kappa shape index (κ3) is 1.62. The number of halogens is 1. The molecule has 1 nitrogen and oxygen atoms in total. The van der Waals surface area contributed by atoms with E-state index in [9.17, 15) is 4.39 Å². The van der Waals surface area contributed by atoms with E-state index in [1.807, 2.05) is 0 Å². The van der Waals surface area contributed by atoms with Crippen LogP contribution in [0.3, 0.4) is 0 Å². The Balaban J connectivity index is 3.25. The van der Waals surface area contributed by atoms with Crippen molar-refractivity contribution in [3.8, 4) is 0 Å². The molecule has 1 N–H and O–H groups in total. The summed E-state index contributed by atoms with van der Waals surface area (Å²) >= 11 is 1.33. The molecule has 0 spiro atoms. The fourth-order valence-electron chi connectivity index (χ4n) is 1.04. The smallest absolute Gasteiger partial charge is 0.140 e. The largest absolute Gasteiger partial charge is 0.392 e. The summed E-state index contributed by atoms with van der Waals surface area (Å²) in [5.74, 6) is -0.214. The van der Waals surface area contributed by atoms with E-state index in [1.54, 1.807) is 25.3 Å². The molecule has 3 heteroatoms. The second-order valence-corrected chi connectivity index (χ2v) is 3.36. The predicted molar refractivity (Wildman–Crippen MR) is 48.8 cm³/mol. The lowest BCUT2D eigenvalue weighted by molar-refractivity contribution is 0.277. The Morgan fingerprint density at radius 1 is 1.50 bits per heavy atom. The monoisotopic (exact) mass is 186 g/mol. The van der Waals surface area contributed by atoms with E-state index in [0.717, 1.165) is 0 Å². The second kappa shape index (κ2) is 3.92. The first-order valence-electron chi connectivity index (χ1n) is 3.63. The summed E-state index contributed by atoms with van der Waals surface area (Å²) in [4.78, 5) is 0.553. The van der Waals surface area contributed by atoms with Gasteiger partial charge < -0.3 is 5.11 Å². The molecule has 0 fully saturated rings. The first kappa shape index (κ1) is 9.55. The zero-order chi connectivity index (χ0) is 9.14. The number of rotatable bonds is 2. The minimum absolute atomic E-state index is 0.104. The molecule has 0 heterocycles. The van der Waals surface area contributed by atoms with E-state index in [4.69, 9.17) is 5.11 Å². The van der Waals surface area contributed by atoms with E-state index in [1.165, 1.54) is 11.8 Å². The quantitative estimate of drug-likeness (QED) is 0.715. The highest BCUT2D eigenvalue weighted by Gasteiger charge is 2.08. The SMILES string of the molecule is CSc1c(CO)ccc(C)c1F. The van der Waals surface area contributed by atoms with E-state index < -0.39 is 0 Å². The molecular formula is C9H11FOS. The second-order valence-electron chi connectivity index (χ2n) is 2.55. The van der Waals surface area contributed by atoms with E-state index in [-0.39, 0.29) is 12.4 Å². The van der Waals surface area contributed by atoms with Crippen molar-refractivity contribution in [2.75, 3.05) is 6.26 Å². The number of benzene rings is 1. The van der Waals surface area contributed by atoms with Crippen LogP contribution >= 0.6 is 11.8 Å². The van der Waals surface area contributed by atoms with Gasteiger partial charge in [0, 0.05) is 4.90 Å². The molecule has 0 radical (unpaired) electrons. The third-order valence-electron chi connectivity index (χ3n) is 1.75. The van der Waals surface area contributed by atoms with Crippen LogP contribution in [0.25, 0.3) is 0 Å². The first-order chi connectivity index (χ1) is 5.70. The van der Waals surface area contributed by atoms with Gasteiger partial charge in [0.25, 0.3) is 0 Å². The van der Waals surface area contributed by atoms with Crippen LogP contribution in [-0.4, -0.2) is 11.4 Å². The number of aliphatic hydroxyl groups excluding tert-OH is 1. The number of thioether (sulfide) groups is 1.